The van der Waals surface area contributed by atoms with E-state index in [1.807, 2.05) is 11.3 Å². The molecule has 0 aliphatic carbocycles. The zero-order valence-corrected chi connectivity index (χ0v) is 27.3. The summed E-state index contributed by atoms with van der Waals surface area (Å²) in [5, 5.41) is 10.1. The summed E-state index contributed by atoms with van der Waals surface area (Å²) in [4.78, 5) is 0. The van der Waals surface area contributed by atoms with E-state index in [1.165, 1.54) is 75.2 Å². The van der Waals surface area contributed by atoms with Crippen LogP contribution in [0.3, 0.4) is 0 Å². The van der Waals surface area contributed by atoms with Gasteiger partial charge in [-0.2, -0.15) is 0 Å². The van der Waals surface area contributed by atoms with Crippen molar-refractivity contribution in [2.75, 3.05) is 5.32 Å². The number of hydrogen-bond donors (Lipinski definition) is 1. The van der Waals surface area contributed by atoms with Crippen LogP contribution >= 0.6 is 11.3 Å². The van der Waals surface area contributed by atoms with Gasteiger partial charge >= 0.3 is 0 Å². The van der Waals surface area contributed by atoms with Crippen molar-refractivity contribution in [2.45, 2.75) is 26.2 Å². The molecule has 0 bridgehead atoms. The Bertz CT molecular complexity index is 2720. The second-order valence-electron chi connectivity index (χ2n) is 13.8. The molecule has 1 aliphatic rings. The quantitative estimate of drug-likeness (QED) is 0.199. The Kier molecular flexibility index (Phi) is 5.52. The van der Waals surface area contributed by atoms with Gasteiger partial charge < -0.3 is 14.3 Å². The van der Waals surface area contributed by atoms with E-state index in [1.54, 1.807) is 0 Å². The molecule has 1 N–H and O–H groups in total. The number of aromatic nitrogens is 1. The number of nitrogens with one attached hydrogen (secondary N) is 1. The van der Waals surface area contributed by atoms with E-state index in [9.17, 15) is 0 Å². The Labute approximate surface area is 277 Å². The third-order valence-corrected chi connectivity index (χ3v) is 11.1. The number of furan rings is 1. The van der Waals surface area contributed by atoms with Gasteiger partial charge in [0.05, 0.1) is 16.9 Å². The van der Waals surface area contributed by atoms with Gasteiger partial charge in [-0.3, -0.25) is 0 Å². The summed E-state index contributed by atoms with van der Waals surface area (Å²) < 4.78 is 12.0. The van der Waals surface area contributed by atoms with E-state index in [-0.39, 0.29) is 5.41 Å². The Hall–Kier alpha value is -5.26. The van der Waals surface area contributed by atoms with E-state index in [4.69, 9.17) is 4.42 Å². The number of benzene rings is 6. The topological polar surface area (TPSA) is 30.1 Å². The molecule has 5 heteroatoms. The van der Waals surface area contributed by atoms with Crippen LogP contribution in [-0.2, 0) is 5.41 Å². The first-order chi connectivity index (χ1) is 22.9. The van der Waals surface area contributed by atoms with Crippen LogP contribution in [0.5, 0.6) is 0 Å². The van der Waals surface area contributed by atoms with E-state index >= 15 is 0 Å². The molecule has 3 aromatic heterocycles. The Balaban J connectivity index is 1.31. The van der Waals surface area contributed by atoms with Crippen molar-refractivity contribution >= 4 is 94.1 Å². The van der Waals surface area contributed by atoms with Gasteiger partial charge in [-0.05, 0) is 70.5 Å². The van der Waals surface area contributed by atoms with E-state index in [0.29, 0.717) is 0 Å². The molecule has 47 heavy (non-hydrogen) atoms. The second-order valence-corrected chi connectivity index (χ2v) is 14.9. The number of anilines is 2. The van der Waals surface area contributed by atoms with Gasteiger partial charge in [0.2, 0.25) is 7.28 Å². The highest BCUT2D eigenvalue weighted by Crippen LogP contribution is 2.43. The summed E-state index contributed by atoms with van der Waals surface area (Å²) >= 11 is 1.88. The summed E-state index contributed by atoms with van der Waals surface area (Å²) in [5.74, 6) is 0. The normalized spacial score (nSPS) is 12.7. The lowest BCUT2D eigenvalue weighted by atomic mass is 9.62. The van der Waals surface area contributed by atoms with Crippen molar-refractivity contribution in [1.29, 1.82) is 0 Å². The standard InChI is InChI=1S/C42H31BN2OS/c1-42(2,3)24-17-20-35-32(21-24)40-41(46-35)43-38-28(26-13-7-9-15-33(26)44-25-11-5-4-6-12-25)18-19-29-30-23-37-31(22-34(30)45(40)39(29)38)27-14-8-10-16-36(27)47-37/h4-23,43-44H,1-3H3. The molecule has 0 amide bonds. The van der Waals surface area contributed by atoms with Crippen LogP contribution in [0.25, 0.3) is 69.8 Å². The minimum Gasteiger partial charge on any atom is -0.469 e. The van der Waals surface area contributed by atoms with E-state index in [0.717, 1.165) is 29.9 Å². The van der Waals surface area contributed by atoms with Gasteiger partial charge in [0.25, 0.3) is 0 Å². The minimum absolute atomic E-state index is 0.0311. The van der Waals surface area contributed by atoms with Crippen LogP contribution in [0.4, 0.5) is 11.4 Å². The summed E-state index contributed by atoms with van der Waals surface area (Å²) in [6.45, 7) is 6.85. The van der Waals surface area contributed by atoms with Crippen LogP contribution in [0.15, 0.2) is 126 Å². The molecule has 0 fully saturated rings. The van der Waals surface area contributed by atoms with Gasteiger partial charge in [0.1, 0.15) is 5.58 Å². The first-order valence-electron chi connectivity index (χ1n) is 16.3. The number of nitrogens with zero attached hydrogens (tertiary/aromatic N) is 1. The molecule has 4 heterocycles. The molecule has 0 atom stereocenters. The predicted octanol–water partition coefficient (Wildman–Crippen LogP) is 10.3. The molecule has 0 saturated carbocycles. The first-order valence-corrected chi connectivity index (χ1v) is 17.1. The summed E-state index contributed by atoms with van der Waals surface area (Å²) in [6.07, 6.45) is 0. The molecular formula is C42H31BN2OS. The van der Waals surface area contributed by atoms with Crippen molar-refractivity contribution in [3.05, 3.63) is 127 Å². The molecule has 0 saturated heterocycles. The van der Waals surface area contributed by atoms with Gasteiger partial charge in [-0.15, -0.1) is 11.3 Å². The fourth-order valence-corrected chi connectivity index (χ4v) is 8.81. The van der Waals surface area contributed by atoms with Crippen LogP contribution in [-0.4, -0.2) is 11.8 Å². The fourth-order valence-electron chi connectivity index (χ4n) is 7.69. The van der Waals surface area contributed by atoms with Gasteiger partial charge in [-0.25, -0.2) is 0 Å². The van der Waals surface area contributed by atoms with Crippen LogP contribution in [0.2, 0.25) is 0 Å². The molecular weight excluding hydrogens is 591 g/mol. The number of para-hydroxylation sites is 2. The van der Waals surface area contributed by atoms with Gasteiger partial charge in [0, 0.05) is 58.8 Å². The maximum Gasteiger partial charge on any atom is 0.244 e. The average Bonchev–Trinajstić information content (AvgIpc) is 3.74. The van der Waals surface area contributed by atoms with Crippen molar-refractivity contribution in [3.63, 3.8) is 0 Å². The highest BCUT2D eigenvalue weighted by molar-refractivity contribution is 7.25. The molecule has 224 valence electrons. The fraction of sp³-hybridized carbons (Fsp3) is 0.0952. The third kappa shape index (κ3) is 3.93. The monoisotopic (exact) mass is 622 g/mol. The number of fused-ring (bicyclic) bond motifs is 10. The maximum atomic E-state index is 6.79. The molecule has 6 aromatic carbocycles. The van der Waals surface area contributed by atoms with Crippen LogP contribution < -0.4 is 16.4 Å². The van der Waals surface area contributed by atoms with E-state index < -0.39 is 0 Å². The lowest BCUT2D eigenvalue weighted by molar-refractivity contribution is 0.590. The molecule has 0 unspecified atom stereocenters. The van der Waals surface area contributed by atoms with Crippen LogP contribution in [0.1, 0.15) is 26.3 Å². The van der Waals surface area contributed by atoms with Crippen molar-refractivity contribution in [3.8, 4) is 16.8 Å². The summed E-state index contributed by atoms with van der Waals surface area (Å²) in [7, 11) is 0.731. The summed E-state index contributed by atoms with van der Waals surface area (Å²) in [6, 6.07) is 44.2. The molecule has 1 aliphatic heterocycles. The number of hydrogen-bond acceptors (Lipinski definition) is 3. The molecule has 9 aromatic rings. The molecule has 3 nitrogen and oxygen atoms in total. The van der Waals surface area contributed by atoms with E-state index in [2.05, 4.69) is 152 Å². The Morgan fingerprint density at radius 1 is 0.660 bits per heavy atom. The van der Waals surface area contributed by atoms with Gasteiger partial charge in [-0.1, -0.05) is 93.6 Å². The smallest absolute Gasteiger partial charge is 0.244 e. The highest BCUT2D eigenvalue weighted by atomic mass is 32.1. The maximum absolute atomic E-state index is 6.79. The Morgan fingerprint density at radius 3 is 2.34 bits per heavy atom. The second kappa shape index (κ2) is 9.63. The highest BCUT2D eigenvalue weighted by Gasteiger charge is 2.31. The largest absolute Gasteiger partial charge is 0.469 e. The predicted molar refractivity (Wildman–Crippen MR) is 204 cm³/mol. The Morgan fingerprint density at radius 2 is 1.47 bits per heavy atom. The number of thiophene rings is 1. The lowest BCUT2D eigenvalue weighted by Crippen LogP contribution is -2.36. The van der Waals surface area contributed by atoms with Crippen molar-refractivity contribution in [1.82, 2.24) is 4.57 Å². The lowest BCUT2D eigenvalue weighted by Gasteiger charge is -2.22. The molecule has 10 rings (SSSR count). The van der Waals surface area contributed by atoms with Crippen molar-refractivity contribution < 1.29 is 4.42 Å². The van der Waals surface area contributed by atoms with Gasteiger partial charge in [0.15, 0.2) is 0 Å². The average molecular weight is 623 g/mol. The molecule has 0 spiro atoms. The zero-order valence-electron chi connectivity index (χ0n) is 26.5. The third-order valence-electron chi connectivity index (χ3n) is 9.96. The van der Waals surface area contributed by atoms with Crippen LogP contribution in [0, 0.1) is 0 Å². The zero-order chi connectivity index (χ0) is 31.4. The SMILES string of the molecule is CC(C)(C)c1ccc2oc3c(c2c1)-n1c2cc4c(cc2c2ccc(-c5ccccc5Nc5ccccc5)c(c21)B3)sc1ccccc14. The number of rotatable bonds is 3. The summed E-state index contributed by atoms with van der Waals surface area (Å²) in [5.41, 5.74) is 12.9. The minimum atomic E-state index is 0.0311. The first kappa shape index (κ1) is 26.9. The molecule has 0 radical (unpaired) electrons. The van der Waals surface area contributed by atoms with Crippen molar-refractivity contribution in [2.24, 2.45) is 0 Å².